The molecule has 0 fully saturated rings. The molecule has 0 spiro atoms. The summed E-state index contributed by atoms with van der Waals surface area (Å²) < 4.78 is 36.6. The molecular formula is C17H27O4S-. The zero-order chi connectivity index (χ0) is 16.3. The van der Waals surface area contributed by atoms with Gasteiger partial charge in [0.15, 0.2) is 0 Å². The van der Waals surface area contributed by atoms with Crippen LogP contribution in [-0.4, -0.2) is 25.3 Å². The molecule has 0 atom stereocenters. The Bertz CT molecular complexity index is 494. The van der Waals surface area contributed by atoms with E-state index in [1.54, 1.807) is 0 Å². The van der Waals surface area contributed by atoms with E-state index in [4.69, 9.17) is 4.74 Å². The van der Waals surface area contributed by atoms with Crippen molar-refractivity contribution < 1.29 is 17.7 Å². The van der Waals surface area contributed by atoms with Gasteiger partial charge in [-0.05, 0) is 30.5 Å². The maximum Gasteiger partial charge on any atom is 0.119 e. The van der Waals surface area contributed by atoms with Gasteiger partial charge in [0.2, 0.25) is 0 Å². The molecule has 0 aliphatic heterocycles. The van der Waals surface area contributed by atoms with E-state index in [0.29, 0.717) is 5.75 Å². The van der Waals surface area contributed by atoms with Crippen molar-refractivity contribution in [3.05, 3.63) is 29.8 Å². The van der Waals surface area contributed by atoms with Crippen molar-refractivity contribution in [3.8, 4) is 5.75 Å². The molecule has 0 unspecified atom stereocenters. The Morgan fingerprint density at radius 3 is 2.14 bits per heavy atom. The van der Waals surface area contributed by atoms with Crippen LogP contribution >= 0.6 is 0 Å². The Balaban J connectivity index is 2.16. The molecule has 0 aliphatic rings. The SMILES string of the molecule is CCCCCCCCCc1ccc(OCCS(=O)(=O)[O-])cc1. The number of hydrogen-bond donors (Lipinski definition) is 0. The summed E-state index contributed by atoms with van der Waals surface area (Å²) in [5.41, 5.74) is 1.26. The highest BCUT2D eigenvalue weighted by Crippen LogP contribution is 2.15. The van der Waals surface area contributed by atoms with Crippen LogP contribution in [0.15, 0.2) is 24.3 Å². The first-order valence-corrected chi connectivity index (χ1v) is 9.74. The summed E-state index contributed by atoms with van der Waals surface area (Å²) in [5, 5.41) is 0. The van der Waals surface area contributed by atoms with Crippen molar-refractivity contribution in [2.24, 2.45) is 0 Å². The zero-order valence-electron chi connectivity index (χ0n) is 13.4. The van der Waals surface area contributed by atoms with Crippen LogP contribution in [-0.2, 0) is 16.5 Å². The molecule has 0 amide bonds. The largest absolute Gasteiger partial charge is 0.748 e. The van der Waals surface area contributed by atoms with E-state index in [0.717, 1.165) is 6.42 Å². The molecule has 0 bridgehead atoms. The van der Waals surface area contributed by atoms with Crippen molar-refractivity contribution >= 4 is 10.1 Å². The lowest BCUT2D eigenvalue weighted by atomic mass is 10.0. The summed E-state index contributed by atoms with van der Waals surface area (Å²) in [6.07, 6.45) is 10.1. The molecule has 22 heavy (non-hydrogen) atoms. The lowest BCUT2D eigenvalue weighted by molar-refractivity contribution is 0.334. The third kappa shape index (κ3) is 9.79. The zero-order valence-corrected chi connectivity index (χ0v) is 14.2. The molecule has 126 valence electrons. The Morgan fingerprint density at radius 2 is 1.55 bits per heavy atom. The molecular weight excluding hydrogens is 300 g/mol. The minimum atomic E-state index is -4.20. The molecule has 0 aliphatic carbocycles. The Hall–Kier alpha value is -1.07. The van der Waals surface area contributed by atoms with Crippen LogP contribution in [0.25, 0.3) is 0 Å². The van der Waals surface area contributed by atoms with Crippen LogP contribution < -0.4 is 4.74 Å². The lowest BCUT2D eigenvalue weighted by Crippen LogP contribution is -2.12. The Kier molecular flexibility index (Phi) is 9.16. The van der Waals surface area contributed by atoms with E-state index in [1.807, 2.05) is 24.3 Å². The summed E-state index contributed by atoms with van der Waals surface area (Å²) in [6.45, 7) is 2.13. The van der Waals surface area contributed by atoms with Gasteiger partial charge in [-0.1, -0.05) is 57.6 Å². The highest BCUT2D eigenvalue weighted by atomic mass is 32.2. The summed E-state index contributed by atoms with van der Waals surface area (Å²) in [5.74, 6) is 0.110. The van der Waals surface area contributed by atoms with E-state index in [1.165, 1.54) is 50.5 Å². The smallest absolute Gasteiger partial charge is 0.119 e. The van der Waals surface area contributed by atoms with Crippen LogP contribution in [0.2, 0.25) is 0 Å². The molecule has 0 saturated heterocycles. The second kappa shape index (κ2) is 10.6. The maximum absolute atomic E-state index is 10.5. The first-order valence-electron chi connectivity index (χ1n) is 8.16. The normalized spacial score (nSPS) is 11.5. The van der Waals surface area contributed by atoms with Crippen LogP contribution in [0, 0.1) is 0 Å². The maximum atomic E-state index is 10.5. The quantitative estimate of drug-likeness (QED) is 0.431. The van der Waals surface area contributed by atoms with Crippen molar-refractivity contribution in [2.75, 3.05) is 12.4 Å². The molecule has 1 rings (SSSR count). The first kappa shape index (κ1) is 19.0. The molecule has 0 aromatic heterocycles. The lowest BCUT2D eigenvalue weighted by Gasteiger charge is -2.09. The summed E-state index contributed by atoms with van der Waals surface area (Å²) in [4.78, 5) is 0. The van der Waals surface area contributed by atoms with Gasteiger partial charge in [-0.15, -0.1) is 0 Å². The van der Waals surface area contributed by atoms with Gasteiger partial charge in [0.1, 0.15) is 12.4 Å². The van der Waals surface area contributed by atoms with Gasteiger partial charge in [0, 0.05) is 0 Å². The third-order valence-corrected chi connectivity index (χ3v) is 4.26. The molecule has 0 radical (unpaired) electrons. The summed E-state index contributed by atoms with van der Waals surface area (Å²) in [7, 11) is -4.20. The molecule has 0 N–H and O–H groups in total. The molecule has 0 saturated carbocycles. The standard InChI is InChI=1S/C17H28O4S/c1-2-3-4-5-6-7-8-9-16-10-12-17(13-11-16)21-14-15-22(18,19)20/h10-13H,2-9,14-15H2,1H3,(H,18,19,20)/p-1. The second-order valence-electron chi connectivity index (χ2n) is 5.63. The van der Waals surface area contributed by atoms with Crippen LogP contribution in [0.3, 0.4) is 0 Å². The fourth-order valence-electron chi connectivity index (χ4n) is 2.30. The minimum Gasteiger partial charge on any atom is -0.748 e. The number of unbranched alkanes of at least 4 members (excludes halogenated alkanes) is 6. The van der Waals surface area contributed by atoms with Crippen molar-refractivity contribution in [1.29, 1.82) is 0 Å². The third-order valence-electron chi connectivity index (χ3n) is 3.59. The van der Waals surface area contributed by atoms with Gasteiger partial charge in [-0.25, -0.2) is 8.42 Å². The average molecular weight is 327 g/mol. The molecule has 1 aromatic rings. The van der Waals surface area contributed by atoms with Gasteiger partial charge >= 0.3 is 0 Å². The number of hydrogen-bond acceptors (Lipinski definition) is 4. The van der Waals surface area contributed by atoms with E-state index in [9.17, 15) is 13.0 Å². The van der Waals surface area contributed by atoms with Gasteiger partial charge < -0.3 is 9.29 Å². The topological polar surface area (TPSA) is 66.4 Å². The Morgan fingerprint density at radius 1 is 0.955 bits per heavy atom. The van der Waals surface area contributed by atoms with Gasteiger partial charge in [-0.2, -0.15) is 0 Å². The number of benzene rings is 1. The molecule has 0 heterocycles. The van der Waals surface area contributed by atoms with E-state index < -0.39 is 15.9 Å². The van der Waals surface area contributed by atoms with Crippen molar-refractivity contribution in [2.45, 2.75) is 58.3 Å². The second-order valence-corrected chi connectivity index (χ2v) is 7.15. The highest BCUT2D eigenvalue weighted by molar-refractivity contribution is 7.85. The van der Waals surface area contributed by atoms with Gasteiger partial charge in [-0.3, -0.25) is 0 Å². The number of rotatable bonds is 12. The van der Waals surface area contributed by atoms with Gasteiger partial charge in [0.25, 0.3) is 0 Å². The van der Waals surface area contributed by atoms with Crippen molar-refractivity contribution in [1.82, 2.24) is 0 Å². The van der Waals surface area contributed by atoms with Crippen LogP contribution in [0.4, 0.5) is 0 Å². The first-order chi connectivity index (χ1) is 10.5. The minimum absolute atomic E-state index is 0.0943. The van der Waals surface area contributed by atoms with E-state index >= 15 is 0 Å². The number of aryl methyl sites for hydroxylation is 1. The summed E-state index contributed by atoms with van der Waals surface area (Å²) >= 11 is 0. The van der Waals surface area contributed by atoms with E-state index in [-0.39, 0.29) is 6.61 Å². The summed E-state index contributed by atoms with van der Waals surface area (Å²) in [6, 6.07) is 7.65. The highest BCUT2D eigenvalue weighted by Gasteiger charge is 1.99. The fraction of sp³-hybridized carbons (Fsp3) is 0.647. The fourth-order valence-corrected chi connectivity index (χ4v) is 2.59. The van der Waals surface area contributed by atoms with Crippen molar-refractivity contribution in [3.63, 3.8) is 0 Å². The molecule has 1 aromatic carbocycles. The van der Waals surface area contributed by atoms with Crippen LogP contribution in [0.5, 0.6) is 5.75 Å². The van der Waals surface area contributed by atoms with Crippen LogP contribution in [0.1, 0.15) is 57.4 Å². The number of ether oxygens (including phenoxy) is 1. The van der Waals surface area contributed by atoms with E-state index in [2.05, 4.69) is 6.92 Å². The van der Waals surface area contributed by atoms with Gasteiger partial charge in [0.05, 0.1) is 15.9 Å². The average Bonchev–Trinajstić information content (AvgIpc) is 2.46. The molecule has 5 heteroatoms. The monoisotopic (exact) mass is 327 g/mol. The predicted octanol–water partition coefficient (Wildman–Crippen LogP) is 3.90. The molecule has 4 nitrogen and oxygen atoms in total. The Labute approximate surface area is 134 Å². The predicted molar refractivity (Wildman–Crippen MR) is 88.2 cm³/mol.